The first-order valence-corrected chi connectivity index (χ1v) is 10.6. The van der Waals surface area contributed by atoms with Crippen LogP contribution in [0.15, 0.2) is 12.7 Å². The van der Waals surface area contributed by atoms with E-state index in [1.54, 1.807) is 14.3 Å². The molecule has 2 aromatic rings. The van der Waals surface area contributed by atoms with E-state index in [0.717, 1.165) is 12.8 Å². The second-order valence-electron chi connectivity index (χ2n) is 5.59. The maximum atomic E-state index is 9.93. The number of hydrogen-bond donors (Lipinski definition) is 2. The predicted octanol–water partition coefficient (Wildman–Crippen LogP) is 0.628. The van der Waals surface area contributed by atoms with Crippen LogP contribution < -0.4 is 5.23 Å². The Labute approximate surface area is 156 Å². The van der Waals surface area contributed by atoms with Gasteiger partial charge in [0.15, 0.2) is 5.65 Å². The summed E-state index contributed by atoms with van der Waals surface area (Å²) in [5.41, 5.74) is 1.36. The first kappa shape index (κ1) is 19.2. The summed E-state index contributed by atoms with van der Waals surface area (Å²) >= 11 is 4.91. The van der Waals surface area contributed by atoms with Gasteiger partial charge in [-0.1, -0.05) is 0 Å². The molecule has 1 aliphatic heterocycles. The number of aromatic nitrogens is 4. The third-order valence-corrected chi connectivity index (χ3v) is 5.50. The van der Waals surface area contributed by atoms with Crippen LogP contribution in [0.5, 0.6) is 0 Å². The van der Waals surface area contributed by atoms with Crippen LogP contribution in [0.1, 0.15) is 25.5 Å². The Morgan fingerprint density at radius 3 is 3.08 bits per heavy atom. The van der Waals surface area contributed by atoms with E-state index in [-0.39, 0.29) is 32.0 Å². The minimum atomic E-state index is -3.35. The zero-order chi connectivity index (χ0) is 18.6. The first-order chi connectivity index (χ1) is 12.5. The number of anilines is 1. The van der Waals surface area contributed by atoms with E-state index in [2.05, 4.69) is 20.2 Å². The van der Waals surface area contributed by atoms with Crippen LogP contribution in [0.25, 0.3) is 11.2 Å². The Kier molecular flexibility index (Phi) is 6.18. The fourth-order valence-electron chi connectivity index (χ4n) is 2.68. The van der Waals surface area contributed by atoms with Crippen molar-refractivity contribution >= 4 is 43.5 Å². The SMILES string of the molecule is BNc1ncnc2c1ncn2C1CCC(COP(O)(=S)OCCC#N)O1. The van der Waals surface area contributed by atoms with Crippen molar-refractivity contribution in [2.24, 2.45) is 0 Å². The maximum absolute atomic E-state index is 9.93. The van der Waals surface area contributed by atoms with Crippen molar-refractivity contribution < 1.29 is 18.7 Å². The van der Waals surface area contributed by atoms with Gasteiger partial charge in [0.2, 0.25) is 7.98 Å². The fraction of sp³-hybridized carbons (Fsp3) is 0.538. The smallest absolute Gasteiger partial charge is 0.324 e. The van der Waals surface area contributed by atoms with Crippen LogP contribution in [-0.2, 0) is 25.6 Å². The van der Waals surface area contributed by atoms with Gasteiger partial charge in [0.05, 0.1) is 38.1 Å². The highest BCUT2D eigenvalue weighted by atomic mass is 32.5. The molecular formula is C13H18BN6O4PS. The number of ether oxygens (including phenoxy) is 1. The molecular weight excluding hydrogens is 378 g/mol. The van der Waals surface area contributed by atoms with E-state index in [9.17, 15) is 4.89 Å². The summed E-state index contributed by atoms with van der Waals surface area (Å²) in [6.45, 7) is -3.18. The molecule has 0 aliphatic carbocycles. The van der Waals surface area contributed by atoms with E-state index in [1.165, 1.54) is 6.33 Å². The molecule has 0 bridgehead atoms. The molecule has 26 heavy (non-hydrogen) atoms. The molecule has 3 rings (SSSR count). The van der Waals surface area contributed by atoms with Crippen molar-refractivity contribution in [2.45, 2.75) is 31.6 Å². The summed E-state index contributed by atoms with van der Waals surface area (Å²) < 4.78 is 18.2. The number of imidazole rings is 1. The average molecular weight is 396 g/mol. The van der Waals surface area contributed by atoms with Gasteiger partial charge < -0.3 is 23.9 Å². The van der Waals surface area contributed by atoms with Crippen LogP contribution in [0.4, 0.5) is 5.82 Å². The van der Waals surface area contributed by atoms with Gasteiger partial charge in [-0.05, 0) is 24.6 Å². The van der Waals surface area contributed by atoms with Crippen molar-refractivity contribution in [2.75, 3.05) is 18.4 Å². The predicted molar refractivity (Wildman–Crippen MR) is 99.3 cm³/mol. The molecule has 1 saturated heterocycles. The van der Waals surface area contributed by atoms with Crippen LogP contribution >= 0.6 is 6.72 Å². The van der Waals surface area contributed by atoms with Gasteiger partial charge in [0.1, 0.15) is 23.9 Å². The summed E-state index contributed by atoms with van der Waals surface area (Å²) in [6.07, 6.45) is 4.33. The summed E-state index contributed by atoms with van der Waals surface area (Å²) in [6, 6.07) is 1.91. The molecule has 10 nitrogen and oxygen atoms in total. The third-order valence-electron chi connectivity index (χ3n) is 3.88. The molecule has 0 aromatic carbocycles. The number of nitrogens with zero attached hydrogens (tertiary/aromatic N) is 5. The molecule has 138 valence electrons. The third kappa shape index (κ3) is 4.38. The molecule has 0 amide bonds. The van der Waals surface area contributed by atoms with Gasteiger partial charge in [0.25, 0.3) is 0 Å². The molecule has 0 radical (unpaired) electrons. The van der Waals surface area contributed by atoms with Gasteiger partial charge in [-0.2, -0.15) is 5.26 Å². The maximum Gasteiger partial charge on any atom is 0.324 e. The standard InChI is InChI=1S/C13H18BN6O4PS/c14-19-12-11-13(17-7-16-12)20(8-18-11)10-3-2-9(24-10)6-23-25(21,26)22-5-1-4-15/h7-10H,1-3,5-6,14H2,(H,21,26)(H,16,17,19). The van der Waals surface area contributed by atoms with Crippen molar-refractivity contribution in [3.8, 4) is 6.07 Å². The highest BCUT2D eigenvalue weighted by Gasteiger charge is 2.30. The minimum Gasteiger partial charge on any atom is -0.418 e. The largest absolute Gasteiger partial charge is 0.418 e. The molecule has 1 aliphatic rings. The van der Waals surface area contributed by atoms with Gasteiger partial charge >= 0.3 is 6.72 Å². The molecule has 0 spiro atoms. The number of nitrogens with one attached hydrogen (secondary N) is 1. The van der Waals surface area contributed by atoms with E-state index in [4.69, 9.17) is 30.9 Å². The van der Waals surface area contributed by atoms with Gasteiger partial charge in [-0.3, -0.25) is 4.57 Å². The first-order valence-electron chi connectivity index (χ1n) is 8.03. The Bertz CT molecular complexity index is 861. The van der Waals surface area contributed by atoms with Gasteiger partial charge in [0, 0.05) is 0 Å². The lowest BCUT2D eigenvalue weighted by atomic mass is 10.2. The molecule has 3 atom stereocenters. The number of hydrogen-bond acceptors (Lipinski definition) is 9. The molecule has 2 aromatic heterocycles. The molecule has 13 heteroatoms. The van der Waals surface area contributed by atoms with Gasteiger partial charge in [-0.15, -0.1) is 0 Å². The Balaban J connectivity index is 1.59. The lowest BCUT2D eigenvalue weighted by molar-refractivity contribution is -0.0189. The van der Waals surface area contributed by atoms with Crippen LogP contribution in [-0.4, -0.2) is 51.7 Å². The molecule has 3 heterocycles. The monoisotopic (exact) mass is 396 g/mol. The lowest BCUT2D eigenvalue weighted by Gasteiger charge is -2.19. The lowest BCUT2D eigenvalue weighted by Crippen LogP contribution is -2.16. The minimum absolute atomic E-state index is 0.0486. The van der Waals surface area contributed by atoms with Crippen LogP contribution in [0.2, 0.25) is 0 Å². The highest BCUT2D eigenvalue weighted by Crippen LogP contribution is 2.44. The number of fused-ring (bicyclic) bond motifs is 1. The second-order valence-corrected chi connectivity index (χ2v) is 8.43. The van der Waals surface area contributed by atoms with Crippen molar-refractivity contribution in [3.05, 3.63) is 12.7 Å². The van der Waals surface area contributed by atoms with E-state index in [1.807, 2.05) is 10.6 Å². The Morgan fingerprint density at radius 1 is 1.46 bits per heavy atom. The topological polar surface area (TPSA) is 127 Å². The van der Waals surface area contributed by atoms with E-state index in [0.29, 0.717) is 17.0 Å². The summed E-state index contributed by atoms with van der Waals surface area (Å²) in [5, 5.41) is 11.5. The highest BCUT2D eigenvalue weighted by molar-refractivity contribution is 8.07. The second kappa shape index (κ2) is 8.39. The summed E-state index contributed by atoms with van der Waals surface area (Å²) in [4.78, 5) is 22.7. The fourth-order valence-corrected chi connectivity index (χ4v) is 3.84. The number of rotatable bonds is 8. The van der Waals surface area contributed by atoms with Crippen LogP contribution in [0, 0.1) is 11.3 Å². The van der Waals surface area contributed by atoms with Crippen molar-refractivity contribution in [3.63, 3.8) is 0 Å². The molecule has 3 unspecified atom stereocenters. The average Bonchev–Trinajstić information content (AvgIpc) is 3.26. The summed E-state index contributed by atoms with van der Waals surface area (Å²) in [7, 11) is 1.78. The normalized spacial score (nSPS) is 22.2. The Hall–Kier alpha value is -1.61. The number of nitriles is 1. The molecule has 0 saturated carbocycles. The van der Waals surface area contributed by atoms with Crippen molar-refractivity contribution in [1.29, 1.82) is 5.26 Å². The van der Waals surface area contributed by atoms with E-state index >= 15 is 0 Å². The molecule has 1 fully saturated rings. The quantitative estimate of drug-likeness (QED) is 0.373. The van der Waals surface area contributed by atoms with E-state index < -0.39 is 6.72 Å². The van der Waals surface area contributed by atoms with Gasteiger partial charge in [-0.25, -0.2) is 15.0 Å². The zero-order valence-corrected chi connectivity index (χ0v) is 15.8. The van der Waals surface area contributed by atoms with Crippen LogP contribution in [0.3, 0.4) is 0 Å². The molecule has 2 N–H and O–H groups in total. The summed E-state index contributed by atoms with van der Waals surface area (Å²) in [5.74, 6) is 0.655. The van der Waals surface area contributed by atoms with Crippen molar-refractivity contribution in [1.82, 2.24) is 19.5 Å². The Morgan fingerprint density at radius 2 is 2.31 bits per heavy atom. The zero-order valence-electron chi connectivity index (χ0n) is 14.1.